The fourth-order valence-electron chi connectivity index (χ4n) is 3.90. The Labute approximate surface area is 234 Å². The van der Waals surface area contributed by atoms with E-state index in [9.17, 15) is 0 Å². The van der Waals surface area contributed by atoms with E-state index in [-0.39, 0.29) is 6.10 Å². The van der Waals surface area contributed by atoms with Gasteiger partial charge in [-0.1, -0.05) is 41.5 Å². The Morgan fingerprint density at radius 1 is 0.784 bits per heavy atom. The van der Waals surface area contributed by atoms with Gasteiger partial charge in [-0.25, -0.2) is 0 Å². The first-order valence-corrected chi connectivity index (χ1v) is 18.7. The van der Waals surface area contributed by atoms with E-state index < -0.39 is 11.9 Å². The van der Waals surface area contributed by atoms with Crippen LogP contribution in [-0.2, 0) is 11.9 Å². The molecule has 1 fully saturated rings. The van der Waals surface area contributed by atoms with Crippen molar-refractivity contribution in [3.05, 3.63) is 99.6 Å². The van der Waals surface area contributed by atoms with Gasteiger partial charge in [0.05, 0.1) is 0 Å². The van der Waals surface area contributed by atoms with Gasteiger partial charge in [-0.2, -0.15) is 69.8 Å². The van der Waals surface area contributed by atoms with E-state index in [1.807, 2.05) is 42.7 Å². The summed E-state index contributed by atoms with van der Waals surface area (Å²) in [4.78, 5) is 0. The van der Waals surface area contributed by atoms with Gasteiger partial charge in [-0.15, -0.1) is 0 Å². The van der Waals surface area contributed by atoms with Crippen LogP contribution in [0.1, 0.15) is 52.8 Å². The molecule has 0 unspecified atom stereocenters. The normalized spacial score (nSPS) is 13.3. The molecule has 0 bridgehead atoms. The molecule has 0 saturated carbocycles. The molecule has 0 radical (unpaired) electrons. The smallest absolute Gasteiger partial charge is 0.0626 e. The third-order valence-electron chi connectivity index (χ3n) is 5.00. The third kappa shape index (κ3) is 11.7. The molecular formula is C31H40Cl2N2ORu-2. The maximum absolute atomic E-state index is 6.55. The summed E-state index contributed by atoms with van der Waals surface area (Å²) in [5.74, 6) is 0.822. The monoisotopic (exact) mass is 628 g/mol. The van der Waals surface area contributed by atoms with Crippen LogP contribution in [0.3, 0.4) is 0 Å². The van der Waals surface area contributed by atoms with E-state index in [4.69, 9.17) is 24.1 Å². The van der Waals surface area contributed by atoms with Gasteiger partial charge in [-0.05, 0) is 0 Å². The van der Waals surface area contributed by atoms with Crippen molar-refractivity contribution in [2.75, 3.05) is 13.1 Å². The predicted octanol–water partition coefficient (Wildman–Crippen LogP) is 7.19. The van der Waals surface area contributed by atoms with Crippen molar-refractivity contribution in [1.29, 1.82) is 0 Å². The molecule has 4 rings (SSSR count). The first kappa shape index (κ1) is 31.5. The van der Waals surface area contributed by atoms with Gasteiger partial charge >= 0.3 is 124 Å². The van der Waals surface area contributed by atoms with E-state index in [0.29, 0.717) is 0 Å². The average molecular weight is 629 g/mol. The third-order valence-corrected chi connectivity index (χ3v) is 10.4. The van der Waals surface area contributed by atoms with Gasteiger partial charge in [0.25, 0.3) is 0 Å². The zero-order valence-electron chi connectivity index (χ0n) is 23.2. The largest absolute Gasteiger partial charge is 0.177 e. The van der Waals surface area contributed by atoms with Crippen molar-refractivity contribution in [3.8, 4) is 5.75 Å². The number of ether oxygens (including phenoxy) is 1. The molecule has 2 N–H and O–H groups in total. The minimum absolute atomic E-state index is 0.121. The number of halogens is 2. The summed E-state index contributed by atoms with van der Waals surface area (Å²) in [6, 6.07) is 22.8. The van der Waals surface area contributed by atoms with E-state index in [0.717, 1.165) is 28.8 Å². The molecule has 37 heavy (non-hydrogen) atoms. The molecular weight excluding hydrogens is 588 g/mol. The number of para-hydroxylation sites is 1. The van der Waals surface area contributed by atoms with Crippen molar-refractivity contribution >= 4 is 28.3 Å². The summed E-state index contributed by atoms with van der Waals surface area (Å²) in [6.45, 7) is 18.2. The second-order valence-electron chi connectivity index (χ2n) is 9.45. The molecule has 0 aromatic heterocycles. The predicted molar refractivity (Wildman–Crippen MR) is 159 cm³/mol. The first-order valence-electron chi connectivity index (χ1n) is 12.4. The molecule has 0 atom stereocenters. The quantitative estimate of drug-likeness (QED) is 0.238. The van der Waals surface area contributed by atoms with Crippen molar-refractivity contribution in [3.63, 3.8) is 0 Å². The van der Waals surface area contributed by atoms with E-state index in [1.54, 1.807) is 0 Å². The number of hydrogen-bond donors (Lipinski definition) is 2. The van der Waals surface area contributed by atoms with E-state index in [2.05, 4.69) is 88.6 Å². The fourth-order valence-corrected chi connectivity index (χ4v) is 8.60. The minimum atomic E-state index is -3.01. The van der Waals surface area contributed by atoms with Gasteiger partial charge in [-0.3, -0.25) is 0 Å². The Bertz CT molecular complexity index is 1140. The molecule has 3 aromatic carbocycles. The maximum atomic E-state index is 6.55. The van der Waals surface area contributed by atoms with Gasteiger partial charge in [0.1, 0.15) is 0 Å². The van der Waals surface area contributed by atoms with Crippen molar-refractivity contribution < 1.29 is 16.6 Å². The zero-order valence-corrected chi connectivity index (χ0v) is 26.5. The summed E-state index contributed by atoms with van der Waals surface area (Å²) in [5.41, 5.74) is 8.52. The minimum Gasteiger partial charge on any atom is -0.177 e. The first-order chi connectivity index (χ1) is 17.4. The molecule has 6 heteroatoms. The van der Waals surface area contributed by atoms with Crippen LogP contribution in [0, 0.1) is 53.7 Å². The Hall–Kier alpha value is -1.68. The van der Waals surface area contributed by atoms with E-state index >= 15 is 0 Å². The van der Waals surface area contributed by atoms with Crippen molar-refractivity contribution in [1.82, 2.24) is 10.6 Å². The average Bonchev–Trinajstić information content (AvgIpc) is 3.30. The number of rotatable bonds is 3. The number of nitrogens with one attached hydrogen (secondary N) is 2. The van der Waals surface area contributed by atoms with Crippen LogP contribution in [0.4, 0.5) is 0 Å². The molecule has 1 heterocycles. The summed E-state index contributed by atoms with van der Waals surface area (Å²) in [5, 5.41) is 6.45. The van der Waals surface area contributed by atoms with Crippen LogP contribution in [0.2, 0.25) is 0 Å². The van der Waals surface area contributed by atoms with Crippen LogP contribution in [0.15, 0.2) is 48.5 Å². The Morgan fingerprint density at radius 3 is 1.62 bits per heavy atom. The molecule has 0 aliphatic carbocycles. The van der Waals surface area contributed by atoms with Crippen LogP contribution in [-0.4, -0.2) is 28.2 Å². The van der Waals surface area contributed by atoms with Crippen LogP contribution in [0.25, 0.3) is 0 Å². The van der Waals surface area contributed by atoms with Gasteiger partial charge in [0, 0.05) is 0 Å². The van der Waals surface area contributed by atoms with Gasteiger partial charge in [0.2, 0.25) is 0 Å². The van der Waals surface area contributed by atoms with Gasteiger partial charge in [0.15, 0.2) is 0 Å². The second-order valence-corrected chi connectivity index (χ2v) is 18.8. The molecule has 3 aromatic rings. The van der Waals surface area contributed by atoms with Crippen molar-refractivity contribution in [2.24, 2.45) is 0 Å². The summed E-state index contributed by atoms with van der Waals surface area (Å²) >= 11 is -3.01. The standard InChI is InChI=1S/C10H12O.2C9H11.C3H6N2.2ClH.Ru/c1-8(2)11-10-7-5-4-6-9(10)3;2*1-7-4-8(2)6-9(3)5-7;1-2-5-3-4-1;;;/h3-8H,1-2H3;2*4-5H,1-3H3;4-5H,1-2H2;2*1H;/q;2*-1;;;;+2/p-2. The number of benzene rings is 3. The SMILES string of the molecule is CC(C)Oc1ccccc1[CH]=[Ru]([Cl])([Cl])=[C]1NCCN1.Cc1[c-]c(C)cc(C)c1.Cc1[c-]c(C)cc(C)c1. The van der Waals surface area contributed by atoms with E-state index in [1.165, 1.54) is 33.4 Å². The van der Waals surface area contributed by atoms with Crippen LogP contribution < -0.4 is 15.4 Å². The Balaban J connectivity index is 0.000000222. The Kier molecular flexibility index (Phi) is 12.8. The van der Waals surface area contributed by atoms with Crippen LogP contribution in [0.5, 0.6) is 5.75 Å². The molecule has 0 spiro atoms. The molecule has 1 saturated heterocycles. The van der Waals surface area contributed by atoms with Gasteiger partial charge < -0.3 is 0 Å². The summed E-state index contributed by atoms with van der Waals surface area (Å²) in [7, 11) is 13.1. The van der Waals surface area contributed by atoms with Crippen molar-refractivity contribution in [2.45, 2.75) is 61.5 Å². The molecule has 1 aliphatic heterocycles. The molecule has 1 aliphatic rings. The number of hydrogen-bond acceptors (Lipinski definition) is 3. The number of aryl methyl sites for hydroxylation is 6. The summed E-state index contributed by atoms with van der Waals surface area (Å²) in [6.07, 6.45) is 0.121. The fraction of sp³-hybridized carbons (Fsp3) is 0.355. The maximum Gasteiger partial charge on any atom is -0.0626 e. The Morgan fingerprint density at radius 2 is 1.22 bits per heavy atom. The van der Waals surface area contributed by atoms with Crippen LogP contribution >= 0.6 is 19.4 Å². The molecule has 3 nitrogen and oxygen atoms in total. The topological polar surface area (TPSA) is 33.3 Å². The zero-order chi connectivity index (χ0) is 27.6. The second kappa shape index (κ2) is 15.1. The molecule has 0 amide bonds. The summed E-state index contributed by atoms with van der Waals surface area (Å²) < 4.78 is 8.63. The molecule has 204 valence electrons.